The number of aromatic nitrogens is 2. The van der Waals surface area contributed by atoms with E-state index < -0.39 is 0 Å². The van der Waals surface area contributed by atoms with Crippen molar-refractivity contribution >= 4 is 28.8 Å². The van der Waals surface area contributed by atoms with E-state index in [4.69, 9.17) is 0 Å². The monoisotopic (exact) mass is 447 g/mol. The van der Waals surface area contributed by atoms with E-state index in [9.17, 15) is 4.79 Å². The second-order valence-electron chi connectivity index (χ2n) is 9.67. The summed E-state index contributed by atoms with van der Waals surface area (Å²) in [6.07, 6.45) is 6.61. The average Bonchev–Trinajstić information content (AvgIpc) is 3.10. The highest BCUT2D eigenvalue weighted by atomic mass is 16.1. The molecule has 0 aliphatic heterocycles. The lowest BCUT2D eigenvalue weighted by molar-refractivity contribution is -0.115. The minimum atomic E-state index is -0.154. The van der Waals surface area contributed by atoms with Gasteiger partial charge in [-0.15, -0.1) is 0 Å². The first-order valence-corrected chi connectivity index (χ1v) is 11.9. The van der Waals surface area contributed by atoms with Crippen LogP contribution in [-0.4, -0.2) is 27.6 Å². The van der Waals surface area contributed by atoms with Crippen molar-refractivity contribution in [2.45, 2.75) is 73.8 Å². The molecule has 176 valence electrons. The SMILES string of the molecule is C/C=C1\CC(C)CC1NC(=O)/C(C)=N/c1c(C)ncnc1Nc1ccc(C)cc1CC(C)C. The largest absolute Gasteiger partial charge is 0.345 e. The Labute approximate surface area is 198 Å². The zero-order valence-corrected chi connectivity index (χ0v) is 21.0. The highest BCUT2D eigenvalue weighted by molar-refractivity contribution is 6.38. The van der Waals surface area contributed by atoms with Crippen molar-refractivity contribution in [3.05, 3.63) is 53.0 Å². The van der Waals surface area contributed by atoms with E-state index in [2.05, 4.69) is 77.6 Å². The molecule has 1 amide bonds. The molecule has 1 aromatic carbocycles. The number of amides is 1. The van der Waals surface area contributed by atoms with Crippen LogP contribution in [0.4, 0.5) is 17.2 Å². The Morgan fingerprint density at radius 2 is 2.03 bits per heavy atom. The van der Waals surface area contributed by atoms with E-state index in [0.29, 0.717) is 29.1 Å². The molecule has 6 nitrogen and oxygen atoms in total. The van der Waals surface area contributed by atoms with E-state index in [1.54, 1.807) is 6.92 Å². The Morgan fingerprint density at radius 3 is 2.73 bits per heavy atom. The van der Waals surface area contributed by atoms with Crippen LogP contribution in [0.2, 0.25) is 0 Å². The van der Waals surface area contributed by atoms with Gasteiger partial charge in [-0.25, -0.2) is 15.0 Å². The molecule has 1 fully saturated rings. The van der Waals surface area contributed by atoms with Gasteiger partial charge >= 0.3 is 0 Å². The number of carbonyl (C=O) groups is 1. The predicted molar refractivity (Wildman–Crippen MR) is 137 cm³/mol. The third kappa shape index (κ3) is 6.28. The molecule has 1 saturated carbocycles. The topological polar surface area (TPSA) is 79.3 Å². The molecular weight excluding hydrogens is 410 g/mol. The number of hydrogen-bond acceptors (Lipinski definition) is 5. The fraction of sp³-hybridized carbons (Fsp3) is 0.481. The molecular formula is C27H37N5O. The Morgan fingerprint density at radius 1 is 1.27 bits per heavy atom. The fourth-order valence-corrected chi connectivity index (χ4v) is 4.41. The van der Waals surface area contributed by atoms with Crippen LogP contribution in [0.15, 0.2) is 41.2 Å². The van der Waals surface area contributed by atoms with Crippen LogP contribution in [0.5, 0.6) is 0 Å². The number of allylic oxidation sites excluding steroid dienone is 1. The molecule has 3 rings (SSSR count). The number of hydrogen-bond donors (Lipinski definition) is 2. The smallest absolute Gasteiger partial charge is 0.265 e. The summed E-state index contributed by atoms with van der Waals surface area (Å²) in [6.45, 7) is 14.4. The Balaban J connectivity index is 1.87. The molecule has 0 spiro atoms. The summed E-state index contributed by atoms with van der Waals surface area (Å²) in [4.78, 5) is 26.4. The summed E-state index contributed by atoms with van der Waals surface area (Å²) in [7, 11) is 0. The molecule has 1 aliphatic carbocycles. The van der Waals surface area contributed by atoms with Gasteiger partial charge in [0, 0.05) is 5.69 Å². The van der Waals surface area contributed by atoms with Gasteiger partial charge in [-0.1, -0.05) is 50.1 Å². The lowest BCUT2D eigenvalue weighted by Gasteiger charge is -2.17. The maximum atomic E-state index is 12.9. The van der Waals surface area contributed by atoms with Crippen molar-refractivity contribution in [3.63, 3.8) is 0 Å². The van der Waals surface area contributed by atoms with E-state index in [-0.39, 0.29) is 11.9 Å². The molecule has 0 bridgehead atoms. The molecule has 1 aliphatic rings. The van der Waals surface area contributed by atoms with E-state index in [1.807, 2.05) is 13.8 Å². The second-order valence-corrected chi connectivity index (χ2v) is 9.67. The van der Waals surface area contributed by atoms with Crippen LogP contribution < -0.4 is 10.6 Å². The number of carbonyl (C=O) groups excluding carboxylic acids is 1. The zero-order valence-electron chi connectivity index (χ0n) is 21.0. The van der Waals surface area contributed by atoms with Crippen LogP contribution in [0, 0.1) is 25.7 Å². The molecule has 1 heterocycles. The van der Waals surface area contributed by atoms with Crippen molar-refractivity contribution < 1.29 is 4.79 Å². The van der Waals surface area contributed by atoms with Crippen molar-refractivity contribution in [2.75, 3.05) is 5.32 Å². The summed E-state index contributed by atoms with van der Waals surface area (Å²) >= 11 is 0. The predicted octanol–water partition coefficient (Wildman–Crippen LogP) is 5.99. The summed E-state index contributed by atoms with van der Waals surface area (Å²) < 4.78 is 0. The molecule has 33 heavy (non-hydrogen) atoms. The number of benzene rings is 1. The minimum Gasteiger partial charge on any atom is -0.345 e. The number of nitrogens with one attached hydrogen (secondary N) is 2. The molecule has 2 aromatic rings. The standard InChI is InChI=1S/C27H37N5O/c1-8-21-13-18(5)14-24(21)32-27(33)20(7)30-25-19(6)28-15-29-26(25)31-23-10-9-17(4)12-22(23)11-16(2)3/h8-10,12,15-16,18,24H,11,13-14H2,1-7H3,(H,32,33)(H,28,29,31)/b21-8+,30-20+. The highest BCUT2D eigenvalue weighted by Crippen LogP contribution is 2.32. The lowest BCUT2D eigenvalue weighted by atomic mass is 9.99. The van der Waals surface area contributed by atoms with Gasteiger partial charge in [-0.2, -0.15) is 0 Å². The van der Waals surface area contributed by atoms with Crippen molar-refractivity contribution in [3.8, 4) is 0 Å². The van der Waals surface area contributed by atoms with Gasteiger partial charge in [-0.05, 0) is 70.4 Å². The van der Waals surface area contributed by atoms with Crippen molar-refractivity contribution in [2.24, 2.45) is 16.8 Å². The second kappa shape index (κ2) is 10.7. The van der Waals surface area contributed by atoms with Crippen molar-refractivity contribution in [1.29, 1.82) is 0 Å². The third-order valence-electron chi connectivity index (χ3n) is 6.10. The minimum absolute atomic E-state index is 0.0829. The average molecular weight is 448 g/mol. The lowest BCUT2D eigenvalue weighted by Crippen LogP contribution is -2.37. The Bertz CT molecular complexity index is 1070. The maximum absolute atomic E-state index is 12.9. The van der Waals surface area contributed by atoms with Crippen LogP contribution >= 0.6 is 0 Å². The first kappa shape index (κ1) is 24.6. The van der Waals surface area contributed by atoms with Crippen molar-refractivity contribution in [1.82, 2.24) is 15.3 Å². The van der Waals surface area contributed by atoms with Crippen LogP contribution in [0.25, 0.3) is 0 Å². The molecule has 2 atom stereocenters. The van der Waals surface area contributed by atoms with Crippen LogP contribution in [0.3, 0.4) is 0 Å². The van der Waals surface area contributed by atoms with Gasteiger partial charge < -0.3 is 10.6 Å². The number of aliphatic imine (C=N–C) groups is 1. The number of rotatable bonds is 7. The quantitative estimate of drug-likeness (QED) is 0.404. The maximum Gasteiger partial charge on any atom is 0.265 e. The number of aryl methyl sites for hydroxylation is 2. The molecule has 0 saturated heterocycles. The summed E-state index contributed by atoms with van der Waals surface area (Å²) in [5.74, 6) is 1.56. The molecule has 6 heteroatoms. The number of anilines is 2. The van der Waals surface area contributed by atoms with Gasteiger partial charge in [-0.3, -0.25) is 4.79 Å². The Kier molecular flexibility index (Phi) is 8.01. The van der Waals surface area contributed by atoms with E-state index in [0.717, 1.165) is 30.6 Å². The highest BCUT2D eigenvalue weighted by Gasteiger charge is 2.27. The van der Waals surface area contributed by atoms with Gasteiger partial charge in [0.05, 0.1) is 11.7 Å². The third-order valence-corrected chi connectivity index (χ3v) is 6.10. The molecule has 1 aromatic heterocycles. The molecule has 2 N–H and O–H groups in total. The van der Waals surface area contributed by atoms with Gasteiger partial charge in [0.1, 0.15) is 17.7 Å². The van der Waals surface area contributed by atoms with E-state index in [1.165, 1.54) is 23.0 Å². The number of nitrogens with zero attached hydrogens (tertiary/aromatic N) is 3. The van der Waals surface area contributed by atoms with E-state index >= 15 is 0 Å². The van der Waals surface area contributed by atoms with Gasteiger partial charge in [0.2, 0.25) is 0 Å². The summed E-state index contributed by atoms with van der Waals surface area (Å²) in [5.41, 5.74) is 6.47. The first-order valence-electron chi connectivity index (χ1n) is 11.9. The molecule has 0 radical (unpaired) electrons. The summed E-state index contributed by atoms with van der Waals surface area (Å²) in [6, 6.07) is 6.46. The molecule has 2 unspecified atom stereocenters. The first-order chi connectivity index (χ1) is 15.7. The Hall–Kier alpha value is -3.02. The van der Waals surface area contributed by atoms with Gasteiger partial charge in [0.15, 0.2) is 5.82 Å². The van der Waals surface area contributed by atoms with Crippen LogP contribution in [0.1, 0.15) is 64.3 Å². The normalized spacial score (nSPS) is 19.9. The summed E-state index contributed by atoms with van der Waals surface area (Å²) in [5, 5.41) is 6.61. The van der Waals surface area contributed by atoms with Gasteiger partial charge in [0.25, 0.3) is 5.91 Å². The van der Waals surface area contributed by atoms with Crippen LogP contribution in [-0.2, 0) is 11.2 Å². The zero-order chi connectivity index (χ0) is 24.1. The fourth-order valence-electron chi connectivity index (χ4n) is 4.41.